The van der Waals surface area contributed by atoms with E-state index >= 15 is 0 Å². The molecule has 6 heteroatoms. The number of morpholine rings is 1. The Morgan fingerprint density at radius 3 is 2.64 bits per heavy atom. The number of nitrogen functional groups attached to an aromatic ring is 1. The molecule has 0 unspecified atom stereocenters. The van der Waals surface area contributed by atoms with Crippen LogP contribution in [0.1, 0.15) is 17.5 Å². The molecule has 6 nitrogen and oxygen atoms in total. The molecule has 0 radical (unpaired) electrons. The lowest BCUT2D eigenvalue weighted by molar-refractivity contribution is -0.115. The first-order valence-corrected chi connectivity index (χ1v) is 10.0. The smallest absolute Gasteiger partial charge is 0.243 e. The maximum absolute atomic E-state index is 12.6. The van der Waals surface area contributed by atoms with Crippen molar-refractivity contribution in [3.63, 3.8) is 0 Å². The van der Waals surface area contributed by atoms with E-state index in [0.29, 0.717) is 6.54 Å². The van der Waals surface area contributed by atoms with Gasteiger partial charge in [-0.2, -0.15) is 0 Å². The summed E-state index contributed by atoms with van der Waals surface area (Å²) in [7, 11) is 0. The summed E-state index contributed by atoms with van der Waals surface area (Å²) in [5, 5.41) is 3.02. The summed E-state index contributed by atoms with van der Waals surface area (Å²) in [6.07, 6.45) is 2.00. The molecule has 2 aromatic rings. The molecule has 2 aliphatic heterocycles. The molecule has 2 aliphatic rings. The van der Waals surface area contributed by atoms with Gasteiger partial charge in [-0.05, 0) is 48.2 Å². The summed E-state index contributed by atoms with van der Waals surface area (Å²) in [5.41, 5.74) is 11.3. The van der Waals surface area contributed by atoms with E-state index in [2.05, 4.69) is 33.3 Å². The lowest BCUT2D eigenvalue weighted by Crippen LogP contribution is -2.37. The zero-order chi connectivity index (χ0) is 19.3. The quantitative estimate of drug-likeness (QED) is 0.780. The molecule has 1 saturated heterocycles. The van der Waals surface area contributed by atoms with Gasteiger partial charge < -0.3 is 20.7 Å². The highest BCUT2D eigenvalue weighted by atomic mass is 16.5. The molecule has 2 heterocycles. The van der Waals surface area contributed by atoms with Crippen LogP contribution in [0.3, 0.4) is 0 Å². The molecule has 1 fully saturated rings. The number of rotatable bonds is 5. The van der Waals surface area contributed by atoms with Crippen LogP contribution in [0.4, 0.5) is 17.1 Å². The van der Waals surface area contributed by atoms with Crippen LogP contribution in [0.15, 0.2) is 42.5 Å². The normalized spacial score (nSPS) is 17.2. The van der Waals surface area contributed by atoms with E-state index in [0.717, 1.165) is 74.9 Å². The zero-order valence-electron chi connectivity index (χ0n) is 16.2. The summed E-state index contributed by atoms with van der Waals surface area (Å²) < 4.78 is 5.39. The number of fused-ring (bicyclic) bond motifs is 1. The molecule has 1 amide bonds. The van der Waals surface area contributed by atoms with Crippen LogP contribution >= 0.6 is 0 Å². The van der Waals surface area contributed by atoms with Crippen molar-refractivity contribution in [3.05, 3.63) is 53.6 Å². The topological polar surface area (TPSA) is 70.8 Å². The molecule has 148 valence electrons. The Hall–Kier alpha value is -2.57. The van der Waals surface area contributed by atoms with Crippen LogP contribution < -0.4 is 16.0 Å². The SMILES string of the molecule is Nc1cccc2c1CCCN2CC(=O)Nc1ccc(CN2CCOCC2)cc1. The number of carbonyl (C=O) groups is 1. The Morgan fingerprint density at radius 1 is 1.07 bits per heavy atom. The number of hydrogen-bond acceptors (Lipinski definition) is 5. The molecule has 3 N–H and O–H groups in total. The molecule has 28 heavy (non-hydrogen) atoms. The third-order valence-corrected chi connectivity index (χ3v) is 5.47. The summed E-state index contributed by atoms with van der Waals surface area (Å²) in [6.45, 7) is 5.69. The molecule has 0 spiro atoms. The van der Waals surface area contributed by atoms with Crippen molar-refractivity contribution in [2.24, 2.45) is 0 Å². The van der Waals surface area contributed by atoms with Crippen LogP contribution in [-0.4, -0.2) is 50.2 Å². The van der Waals surface area contributed by atoms with E-state index in [1.165, 1.54) is 5.56 Å². The number of benzene rings is 2. The Bertz CT molecular complexity index is 816. The summed E-state index contributed by atoms with van der Waals surface area (Å²) in [6, 6.07) is 14.1. The number of nitrogens with one attached hydrogen (secondary N) is 1. The van der Waals surface area contributed by atoms with Gasteiger partial charge in [0, 0.05) is 43.2 Å². The van der Waals surface area contributed by atoms with Gasteiger partial charge in [0.15, 0.2) is 0 Å². The van der Waals surface area contributed by atoms with E-state index in [1.54, 1.807) is 0 Å². The fraction of sp³-hybridized carbons (Fsp3) is 0.409. The number of carbonyl (C=O) groups excluding carboxylic acids is 1. The highest BCUT2D eigenvalue weighted by molar-refractivity contribution is 5.94. The fourth-order valence-electron chi connectivity index (χ4n) is 3.98. The highest BCUT2D eigenvalue weighted by Gasteiger charge is 2.20. The first-order valence-electron chi connectivity index (χ1n) is 10.0. The molecule has 0 aliphatic carbocycles. The van der Waals surface area contributed by atoms with Gasteiger partial charge in [-0.1, -0.05) is 18.2 Å². The molecule has 4 rings (SSSR count). The van der Waals surface area contributed by atoms with Crippen LogP contribution in [0, 0.1) is 0 Å². The first kappa shape index (κ1) is 18.8. The van der Waals surface area contributed by atoms with E-state index in [-0.39, 0.29) is 5.91 Å². The first-order chi connectivity index (χ1) is 13.7. The van der Waals surface area contributed by atoms with Crippen molar-refractivity contribution in [2.45, 2.75) is 19.4 Å². The standard InChI is InChI=1S/C22H28N4O2/c23-20-4-1-5-21-19(20)3-2-10-26(21)16-22(27)24-18-8-6-17(7-9-18)15-25-11-13-28-14-12-25/h1,4-9H,2-3,10-16,23H2,(H,24,27). The van der Waals surface area contributed by atoms with Crippen molar-refractivity contribution in [1.82, 2.24) is 4.90 Å². The van der Waals surface area contributed by atoms with Crippen LogP contribution in [0.25, 0.3) is 0 Å². The largest absolute Gasteiger partial charge is 0.398 e. The maximum Gasteiger partial charge on any atom is 0.243 e. The Morgan fingerprint density at radius 2 is 1.86 bits per heavy atom. The second-order valence-corrected chi connectivity index (χ2v) is 7.50. The molecule has 0 saturated carbocycles. The van der Waals surface area contributed by atoms with Crippen molar-refractivity contribution < 1.29 is 9.53 Å². The zero-order valence-corrected chi connectivity index (χ0v) is 16.2. The molecular weight excluding hydrogens is 352 g/mol. The Labute approximate surface area is 166 Å². The van der Waals surface area contributed by atoms with Gasteiger partial charge in [-0.3, -0.25) is 9.69 Å². The molecule has 0 atom stereocenters. The van der Waals surface area contributed by atoms with Crippen molar-refractivity contribution in [3.8, 4) is 0 Å². The highest BCUT2D eigenvalue weighted by Crippen LogP contribution is 2.31. The van der Waals surface area contributed by atoms with Gasteiger partial charge in [-0.15, -0.1) is 0 Å². The minimum absolute atomic E-state index is 0.00352. The van der Waals surface area contributed by atoms with Gasteiger partial charge in [0.25, 0.3) is 0 Å². The monoisotopic (exact) mass is 380 g/mol. The average molecular weight is 380 g/mol. The predicted molar refractivity (Wildman–Crippen MR) is 113 cm³/mol. The number of nitrogens with zero attached hydrogens (tertiary/aromatic N) is 2. The molecule has 0 aromatic heterocycles. The number of nitrogens with two attached hydrogens (primary N) is 1. The predicted octanol–water partition coefficient (Wildman–Crippen LogP) is 2.49. The van der Waals surface area contributed by atoms with Crippen molar-refractivity contribution >= 4 is 23.0 Å². The fourth-order valence-corrected chi connectivity index (χ4v) is 3.98. The second-order valence-electron chi connectivity index (χ2n) is 7.50. The summed E-state index contributed by atoms with van der Waals surface area (Å²) in [4.78, 5) is 17.1. The summed E-state index contributed by atoms with van der Waals surface area (Å²) >= 11 is 0. The van der Waals surface area contributed by atoms with E-state index in [9.17, 15) is 4.79 Å². The third kappa shape index (κ3) is 4.46. The van der Waals surface area contributed by atoms with E-state index in [4.69, 9.17) is 10.5 Å². The third-order valence-electron chi connectivity index (χ3n) is 5.47. The Balaban J connectivity index is 1.34. The van der Waals surface area contributed by atoms with Gasteiger partial charge in [0.05, 0.1) is 19.8 Å². The number of anilines is 3. The average Bonchev–Trinajstić information content (AvgIpc) is 2.71. The molecule has 0 bridgehead atoms. The van der Waals surface area contributed by atoms with Gasteiger partial charge in [-0.25, -0.2) is 0 Å². The molecule has 2 aromatic carbocycles. The van der Waals surface area contributed by atoms with E-state index in [1.807, 2.05) is 24.3 Å². The number of hydrogen-bond donors (Lipinski definition) is 2. The number of ether oxygens (including phenoxy) is 1. The lowest BCUT2D eigenvalue weighted by atomic mass is 10.00. The van der Waals surface area contributed by atoms with Gasteiger partial charge in [0.2, 0.25) is 5.91 Å². The number of amides is 1. The van der Waals surface area contributed by atoms with Gasteiger partial charge in [0.1, 0.15) is 0 Å². The maximum atomic E-state index is 12.6. The Kier molecular flexibility index (Phi) is 5.78. The van der Waals surface area contributed by atoms with Crippen LogP contribution in [0.2, 0.25) is 0 Å². The minimum atomic E-state index is -0.00352. The minimum Gasteiger partial charge on any atom is -0.398 e. The van der Waals surface area contributed by atoms with Gasteiger partial charge >= 0.3 is 0 Å². The van der Waals surface area contributed by atoms with Crippen LogP contribution in [0.5, 0.6) is 0 Å². The van der Waals surface area contributed by atoms with E-state index < -0.39 is 0 Å². The lowest BCUT2D eigenvalue weighted by Gasteiger charge is -2.31. The second kappa shape index (κ2) is 8.63. The van der Waals surface area contributed by atoms with Crippen molar-refractivity contribution in [2.75, 3.05) is 55.3 Å². The summed E-state index contributed by atoms with van der Waals surface area (Å²) in [5.74, 6) is -0.00352. The van der Waals surface area contributed by atoms with Crippen LogP contribution in [-0.2, 0) is 22.5 Å². The van der Waals surface area contributed by atoms with Crippen molar-refractivity contribution in [1.29, 1.82) is 0 Å². The molecular formula is C22H28N4O2.